The molecule has 0 aliphatic carbocycles. The first-order chi connectivity index (χ1) is 8.72. The number of ketones is 1. The highest BCUT2D eigenvalue weighted by atomic mass is 16.5. The minimum absolute atomic E-state index is 0.0262. The lowest BCUT2D eigenvalue weighted by molar-refractivity contribution is 0.0784. The zero-order valence-corrected chi connectivity index (χ0v) is 11.2. The van der Waals surface area contributed by atoms with Gasteiger partial charge in [-0.05, 0) is 32.1 Å². The summed E-state index contributed by atoms with van der Waals surface area (Å²) < 4.78 is 5.66. The van der Waals surface area contributed by atoms with E-state index < -0.39 is 0 Å². The van der Waals surface area contributed by atoms with Gasteiger partial charge in [0.2, 0.25) is 0 Å². The van der Waals surface area contributed by atoms with Crippen LogP contribution >= 0.6 is 0 Å². The average molecular weight is 247 g/mol. The van der Waals surface area contributed by atoms with Crippen molar-refractivity contribution in [2.45, 2.75) is 19.8 Å². The van der Waals surface area contributed by atoms with Crippen molar-refractivity contribution in [1.29, 1.82) is 0 Å². The predicted octanol–water partition coefficient (Wildman–Crippen LogP) is 2.61. The monoisotopic (exact) mass is 247 g/mol. The minimum Gasteiger partial charge on any atom is -0.492 e. The van der Waals surface area contributed by atoms with Crippen molar-refractivity contribution in [1.82, 2.24) is 4.90 Å². The van der Waals surface area contributed by atoms with Crippen molar-refractivity contribution >= 4 is 5.78 Å². The maximum absolute atomic E-state index is 12.3. The van der Waals surface area contributed by atoms with Crippen molar-refractivity contribution < 1.29 is 9.53 Å². The van der Waals surface area contributed by atoms with Crippen molar-refractivity contribution in [3.05, 3.63) is 29.8 Å². The van der Waals surface area contributed by atoms with E-state index in [1.165, 1.54) is 12.8 Å². The topological polar surface area (TPSA) is 29.5 Å². The van der Waals surface area contributed by atoms with E-state index in [2.05, 4.69) is 18.9 Å². The van der Waals surface area contributed by atoms with Crippen LogP contribution in [-0.4, -0.2) is 37.4 Å². The van der Waals surface area contributed by atoms with Gasteiger partial charge in [0.1, 0.15) is 5.75 Å². The van der Waals surface area contributed by atoms with Gasteiger partial charge in [-0.25, -0.2) is 0 Å². The Morgan fingerprint density at radius 1 is 1.39 bits per heavy atom. The number of fused-ring (bicyclic) bond motifs is 1. The normalized spacial score (nSPS) is 18.6. The van der Waals surface area contributed by atoms with Crippen LogP contribution in [-0.2, 0) is 0 Å². The van der Waals surface area contributed by atoms with Gasteiger partial charge >= 0.3 is 0 Å². The van der Waals surface area contributed by atoms with Gasteiger partial charge in [-0.2, -0.15) is 0 Å². The second-order valence-corrected chi connectivity index (χ2v) is 4.98. The van der Waals surface area contributed by atoms with Gasteiger partial charge in [0.15, 0.2) is 5.78 Å². The Balaban J connectivity index is 1.99. The third-order valence-electron chi connectivity index (χ3n) is 3.39. The summed E-state index contributed by atoms with van der Waals surface area (Å²) in [5, 5.41) is 0. The number of benzene rings is 1. The maximum Gasteiger partial charge on any atom is 0.174 e. The average Bonchev–Trinajstić information content (AvgIpc) is 2.40. The number of hydrogen-bond acceptors (Lipinski definition) is 3. The molecule has 0 aromatic heterocycles. The highest BCUT2D eigenvalue weighted by molar-refractivity contribution is 6.01. The Labute approximate surface area is 109 Å². The molecule has 1 atom stereocenters. The van der Waals surface area contributed by atoms with E-state index in [0.717, 1.165) is 24.4 Å². The lowest BCUT2D eigenvalue weighted by atomic mass is 9.94. The molecular formula is C15H21NO2. The zero-order chi connectivity index (χ0) is 13.0. The minimum atomic E-state index is -0.0262. The van der Waals surface area contributed by atoms with E-state index in [4.69, 9.17) is 4.74 Å². The van der Waals surface area contributed by atoms with E-state index in [1.807, 2.05) is 24.3 Å². The molecule has 0 saturated heterocycles. The van der Waals surface area contributed by atoms with Gasteiger partial charge in [-0.1, -0.05) is 25.5 Å². The SMILES string of the molecule is CCCCN(C)C[C@@H]1COc2ccccc2C1=O. The van der Waals surface area contributed by atoms with E-state index in [1.54, 1.807) is 0 Å². The molecule has 0 radical (unpaired) electrons. The number of ether oxygens (including phenoxy) is 1. The van der Waals surface area contributed by atoms with Gasteiger partial charge in [0.25, 0.3) is 0 Å². The first-order valence-electron chi connectivity index (χ1n) is 6.67. The van der Waals surface area contributed by atoms with Gasteiger partial charge in [-0.3, -0.25) is 4.79 Å². The number of hydrogen-bond donors (Lipinski definition) is 0. The van der Waals surface area contributed by atoms with Crippen LogP contribution in [0.5, 0.6) is 5.75 Å². The van der Waals surface area contributed by atoms with Crippen LogP contribution in [0.3, 0.4) is 0 Å². The summed E-state index contributed by atoms with van der Waals surface area (Å²) in [6.45, 7) is 4.51. The fraction of sp³-hybridized carbons (Fsp3) is 0.533. The van der Waals surface area contributed by atoms with Crippen molar-refractivity contribution in [3.8, 4) is 5.75 Å². The molecule has 3 nitrogen and oxygen atoms in total. The van der Waals surface area contributed by atoms with Gasteiger partial charge < -0.3 is 9.64 Å². The highest BCUT2D eigenvalue weighted by Crippen LogP contribution is 2.27. The Kier molecular flexibility index (Phi) is 4.37. The largest absolute Gasteiger partial charge is 0.492 e. The summed E-state index contributed by atoms with van der Waals surface area (Å²) in [7, 11) is 2.07. The highest BCUT2D eigenvalue weighted by Gasteiger charge is 2.29. The molecule has 3 heteroatoms. The number of Topliss-reactive ketones (excluding diaryl/α,β-unsaturated/α-hetero) is 1. The second kappa shape index (κ2) is 6.01. The summed E-state index contributed by atoms with van der Waals surface area (Å²) in [4.78, 5) is 14.5. The third-order valence-corrected chi connectivity index (χ3v) is 3.39. The van der Waals surface area contributed by atoms with Crippen LogP contribution in [0.4, 0.5) is 0 Å². The number of carbonyl (C=O) groups is 1. The summed E-state index contributed by atoms with van der Waals surface area (Å²) in [6.07, 6.45) is 2.36. The zero-order valence-electron chi connectivity index (χ0n) is 11.2. The molecule has 0 amide bonds. The predicted molar refractivity (Wildman–Crippen MR) is 72.2 cm³/mol. The Bertz CT molecular complexity index is 417. The maximum atomic E-state index is 12.3. The molecule has 98 valence electrons. The second-order valence-electron chi connectivity index (χ2n) is 4.98. The van der Waals surface area contributed by atoms with Gasteiger partial charge in [0.05, 0.1) is 18.1 Å². The molecule has 18 heavy (non-hydrogen) atoms. The lowest BCUT2D eigenvalue weighted by Gasteiger charge is -2.27. The van der Waals surface area contributed by atoms with Crippen LogP contribution in [0.15, 0.2) is 24.3 Å². The van der Waals surface area contributed by atoms with E-state index >= 15 is 0 Å². The summed E-state index contributed by atoms with van der Waals surface area (Å²) in [6, 6.07) is 7.52. The van der Waals surface area contributed by atoms with Crippen LogP contribution in [0.1, 0.15) is 30.1 Å². The molecule has 1 heterocycles. The number of unbranched alkanes of at least 4 members (excludes halogenated alkanes) is 1. The molecule has 1 aliphatic rings. The quantitative estimate of drug-likeness (QED) is 0.801. The first kappa shape index (κ1) is 13.1. The van der Waals surface area contributed by atoms with E-state index in [-0.39, 0.29) is 11.7 Å². The number of rotatable bonds is 5. The molecule has 1 aromatic carbocycles. The molecule has 0 bridgehead atoms. The van der Waals surface area contributed by atoms with Crippen LogP contribution in [0.2, 0.25) is 0 Å². The van der Waals surface area contributed by atoms with Crippen molar-refractivity contribution in [2.24, 2.45) is 5.92 Å². The number of nitrogens with zero attached hydrogens (tertiary/aromatic N) is 1. The molecule has 1 aliphatic heterocycles. The molecule has 2 rings (SSSR count). The summed E-state index contributed by atoms with van der Waals surface area (Å²) in [5.41, 5.74) is 0.734. The molecule has 0 N–H and O–H groups in total. The van der Waals surface area contributed by atoms with E-state index in [0.29, 0.717) is 6.61 Å². The van der Waals surface area contributed by atoms with Gasteiger partial charge in [0, 0.05) is 6.54 Å². The molecular weight excluding hydrogens is 226 g/mol. The smallest absolute Gasteiger partial charge is 0.174 e. The Morgan fingerprint density at radius 2 is 2.17 bits per heavy atom. The Hall–Kier alpha value is -1.35. The lowest BCUT2D eigenvalue weighted by Crippen LogP contribution is -2.37. The fourth-order valence-electron chi connectivity index (χ4n) is 2.31. The Morgan fingerprint density at radius 3 is 2.94 bits per heavy atom. The summed E-state index contributed by atoms with van der Waals surface area (Å²) in [5.74, 6) is 0.928. The summed E-state index contributed by atoms with van der Waals surface area (Å²) >= 11 is 0. The van der Waals surface area contributed by atoms with Crippen LogP contribution in [0.25, 0.3) is 0 Å². The molecule has 1 aromatic rings. The van der Waals surface area contributed by atoms with E-state index in [9.17, 15) is 4.79 Å². The molecule has 0 unspecified atom stereocenters. The third kappa shape index (κ3) is 2.91. The van der Waals surface area contributed by atoms with Crippen LogP contribution < -0.4 is 4.74 Å². The number of para-hydroxylation sites is 1. The number of carbonyl (C=O) groups excluding carboxylic acids is 1. The standard InChI is InChI=1S/C15H21NO2/c1-3-4-9-16(2)10-12-11-18-14-8-6-5-7-13(14)15(12)17/h5-8,12H,3-4,9-11H2,1-2H3/t12-/m1/s1. The first-order valence-corrected chi connectivity index (χ1v) is 6.67. The molecule has 0 fully saturated rings. The van der Waals surface area contributed by atoms with Crippen molar-refractivity contribution in [3.63, 3.8) is 0 Å². The molecule has 0 spiro atoms. The fourth-order valence-corrected chi connectivity index (χ4v) is 2.31. The van der Waals surface area contributed by atoms with Crippen molar-refractivity contribution in [2.75, 3.05) is 26.7 Å². The van der Waals surface area contributed by atoms with Gasteiger partial charge in [-0.15, -0.1) is 0 Å². The van der Waals surface area contributed by atoms with Crippen LogP contribution in [0, 0.1) is 5.92 Å². The molecule has 0 saturated carbocycles.